The fraction of sp³-hybridized carbons (Fsp3) is 0.333. The van der Waals surface area contributed by atoms with Gasteiger partial charge in [0.15, 0.2) is 11.5 Å². The summed E-state index contributed by atoms with van der Waals surface area (Å²) in [6, 6.07) is 7.65. The lowest BCUT2D eigenvalue weighted by Crippen LogP contribution is -2.19. The van der Waals surface area contributed by atoms with Crippen LogP contribution in [0.2, 0.25) is 0 Å². The van der Waals surface area contributed by atoms with Crippen LogP contribution in [0.4, 0.5) is 20.3 Å². The highest BCUT2D eigenvalue weighted by atomic mass is 19.3. The van der Waals surface area contributed by atoms with Crippen LogP contribution in [0.25, 0.3) is 0 Å². The molecule has 1 fully saturated rings. The molecule has 6 nitrogen and oxygen atoms in total. The fourth-order valence-electron chi connectivity index (χ4n) is 2.80. The molecule has 2 heterocycles. The van der Waals surface area contributed by atoms with Gasteiger partial charge in [-0.1, -0.05) is 0 Å². The lowest BCUT2D eigenvalue weighted by Gasteiger charge is -2.16. The Kier molecular flexibility index (Phi) is 5.50. The van der Waals surface area contributed by atoms with Gasteiger partial charge in [-0.15, -0.1) is 0 Å². The molecule has 0 atom stereocenters. The van der Waals surface area contributed by atoms with Crippen molar-refractivity contribution in [3.8, 4) is 11.5 Å². The molecular formula is C18H19F2N3O3. The molecule has 1 aliphatic rings. The summed E-state index contributed by atoms with van der Waals surface area (Å²) in [4.78, 5) is 18.9. The molecule has 1 aromatic carbocycles. The number of hydrogen-bond donors (Lipinski definition) is 1. The van der Waals surface area contributed by atoms with Crippen molar-refractivity contribution in [2.75, 3.05) is 30.4 Å². The minimum absolute atomic E-state index is 0.0560. The van der Waals surface area contributed by atoms with Gasteiger partial charge in [-0.05, 0) is 43.2 Å². The van der Waals surface area contributed by atoms with Gasteiger partial charge in [0.05, 0.1) is 19.0 Å². The van der Waals surface area contributed by atoms with Gasteiger partial charge in [-0.2, -0.15) is 8.78 Å². The SMILES string of the molecule is COc1cc(C(=O)Nc2ccc(N3CCCC3)nc2)ccc1OC(F)F. The van der Waals surface area contributed by atoms with Crippen molar-refractivity contribution in [2.45, 2.75) is 19.5 Å². The van der Waals surface area contributed by atoms with Crippen molar-refractivity contribution in [1.29, 1.82) is 0 Å². The van der Waals surface area contributed by atoms with Crippen LogP contribution in [0, 0.1) is 0 Å². The first-order valence-electron chi connectivity index (χ1n) is 8.22. The number of alkyl halides is 2. The highest BCUT2D eigenvalue weighted by Gasteiger charge is 2.16. The third-order valence-corrected chi connectivity index (χ3v) is 4.08. The smallest absolute Gasteiger partial charge is 0.387 e. The minimum Gasteiger partial charge on any atom is -0.493 e. The van der Waals surface area contributed by atoms with Gasteiger partial charge in [0.1, 0.15) is 5.82 Å². The van der Waals surface area contributed by atoms with Crippen LogP contribution < -0.4 is 19.7 Å². The van der Waals surface area contributed by atoms with E-state index in [0.717, 1.165) is 31.7 Å². The van der Waals surface area contributed by atoms with Gasteiger partial charge >= 0.3 is 6.61 Å². The molecule has 1 saturated heterocycles. The number of ether oxygens (including phenoxy) is 2. The number of rotatable bonds is 6. The molecule has 1 amide bonds. The van der Waals surface area contributed by atoms with Crippen molar-refractivity contribution in [1.82, 2.24) is 4.98 Å². The van der Waals surface area contributed by atoms with Crippen LogP contribution in [0.1, 0.15) is 23.2 Å². The number of aromatic nitrogens is 1. The van der Waals surface area contributed by atoms with Crippen LogP contribution in [0.3, 0.4) is 0 Å². The molecule has 3 rings (SSSR count). The second-order valence-electron chi connectivity index (χ2n) is 5.80. The van der Waals surface area contributed by atoms with E-state index in [1.807, 2.05) is 6.07 Å². The van der Waals surface area contributed by atoms with E-state index in [-0.39, 0.29) is 17.1 Å². The zero-order chi connectivity index (χ0) is 18.5. The molecule has 26 heavy (non-hydrogen) atoms. The molecule has 0 saturated carbocycles. The van der Waals surface area contributed by atoms with Crippen molar-refractivity contribution in [2.24, 2.45) is 0 Å². The Labute approximate surface area is 149 Å². The molecule has 1 aliphatic heterocycles. The summed E-state index contributed by atoms with van der Waals surface area (Å²) in [5, 5.41) is 2.72. The van der Waals surface area contributed by atoms with E-state index in [1.54, 1.807) is 12.3 Å². The lowest BCUT2D eigenvalue weighted by molar-refractivity contribution is -0.0512. The Balaban J connectivity index is 1.69. The van der Waals surface area contributed by atoms with Crippen LogP contribution in [0.5, 0.6) is 11.5 Å². The highest BCUT2D eigenvalue weighted by Crippen LogP contribution is 2.29. The molecule has 1 aromatic heterocycles. The van der Waals surface area contributed by atoms with Crippen LogP contribution >= 0.6 is 0 Å². The van der Waals surface area contributed by atoms with E-state index in [4.69, 9.17) is 4.74 Å². The monoisotopic (exact) mass is 363 g/mol. The van der Waals surface area contributed by atoms with Crippen LogP contribution in [-0.4, -0.2) is 37.7 Å². The zero-order valence-electron chi connectivity index (χ0n) is 14.2. The maximum absolute atomic E-state index is 12.4. The number of benzene rings is 1. The van der Waals surface area contributed by atoms with Gasteiger partial charge < -0.3 is 19.7 Å². The molecule has 0 radical (unpaired) electrons. The summed E-state index contributed by atoms with van der Waals surface area (Å²) < 4.78 is 34.1. The summed E-state index contributed by atoms with van der Waals surface area (Å²) in [5.74, 6) is 0.412. The first kappa shape index (κ1) is 17.9. The van der Waals surface area contributed by atoms with Crippen LogP contribution in [0.15, 0.2) is 36.5 Å². The standard InChI is InChI=1S/C18H19F2N3O3/c1-25-15-10-12(4-6-14(15)26-18(19)20)17(24)22-13-5-7-16(21-11-13)23-8-2-3-9-23/h4-7,10-11,18H,2-3,8-9H2,1H3,(H,22,24). The predicted molar refractivity (Wildman–Crippen MR) is 93.3 cm³/mol. The second-order valence-corrected chi connectivity index (χ2v) is 5.80. The maximum Gasteiger partial charge on any atom is 0.387 e. The van der Waals surface area contributed by atoms with Crippen molar-refractivity contribution >= 4 is 17.4 Å². The van der Waals surface area contributed by atoms with Crippen molar-refractivity contribution in [3.63, 3.8) is 0 Å². The number of amides is 1. The number of carbonyl (C=O) groups is 1. The minimum atomic E-state index is -2.97. The molecule has 0 unspecified atom stereocenters. The van der Waals surface area contributed by atoms with E-state index >= 15 is 0 Å². The average molecular weight is 363 g/mol. The maximum atomic E-state index is 12.4. The Bertz CT molecular complexity index is 763. The van der Waals surface area contributed by atoms with E-state index in [9.17, 15) is 13.6 Å². The topological polar surface area (TPSA) is 63.7 Å². The number of hydrogen-bond acceptors (Lipinski definition) is 5. The number of nitrogens with zero attached hydrogens (tertiary/aromatic N) is 2. The molecule has 2 aromatic rings. The molecule has 1 N–H and O–H groups in total. The number of anilines is 2. The van der Waals surface area contributed by atoms with Gasteiger partial charge in [-0.3, -0.25) is 4.79 Å². The molecule has 8 heteroatoms. The van der Waals surface area contributed by atoms with Crippen molar-refractivity contribution in [3.05, 3.63) is 42.1 Å². The van der Waals surface area contributed by atoms with E-state index in [0.29, 0.717) is 5.69 Å². The number of carbonyl (C=O) groups excluding carboxylic acids is 1. The number of methoxy groups -OCH3 is 1. The van der Waals surface area contributed by atoms with Gasteiger partial charge in [0.25, 0.3) is 5.91 Å². The number of pyridine rings is 1. The lowest BCUT2D eigenvalue weighted by atomic mass is 10.2. The van der Waals surface area contributed by atoms with Crippen molar-refractivity contribution < 1.29 is 23.0 Å². The van der Waals surface area contributed by atoms with Gasteiger partial charge in [-0.25, -0.2) is 4.98 Å². The zero-order valence-corrected chi connectivity index (χ0v) is 14.2. The van der Waals surface area contributed by atoms with Crippen LogP contribution in [-0.2, 0) is 0 Å². The fourth-order valence-corrected chi connectivity index (χ4v) is 2.80. The normalized spacial score (nSPS) is 13.8. The summed E-state index contributed by atoms with van der Waals surface area (Å²) in [7, 11) is 1.32. The Morgan fingerprint density at radius 1 is 1.19 bits per heavy atom. The summed E-state index contributed by atoms with van der Waals surface area (Å²) in [5.41, 5.74) is 0.803. The summed E-state index contributed by atoms with van der Waals surface area (Å²) in [6.45, 7) is -0.986. The predicted octanol–water partition coefficient (Wildman–Crippen LogP) is 3.54. The van der Waals surface area contributed by atoms with E-state index in [1.165, 1.54) is 25.3 Å². The Morgan fingerprint density at radius 3 is 2.58 bits per heavy atom. The second kappa shape index (κ2) is 7.99. The first-order valence-corrected chi connectivity index (χ1v) is 8.22. The Morgan fingerprint density at radius 2 is 1.96 bits per heavy atom. The molecule has 138 valence electrons. The number of nitrogens with one attached hydrogen (secondary N) is 1. The van der Waals surface area contributed by atoms with Gasteiger partial charge in [0, 0.05) is 18.7 Å². The quantitative estimate of drug-likeness (QED) is 0.850. The van der Waals surface area contributed by atoms with E-state index in [2.05, 4.69) is 19.9 Å². The highest BCUT2D eigenvalue weighted by molar-refractivity contribution is 6.04. The molecule has 0 aliphatic carbocycles. The molecule has 0 bridgehead atoms. The molecular weight excluding hydrogens is 344 g/mol. The summed E-state index contributed by atoms with van der Waals surface area (Å²) >= 11 is 0. The van der Waals surface area contributed by atoms with Gasteiger partial charge in [0.2, 0.25) is 0 Å². The van der Waals surface area contributed by atoms with E-state index < -0.39 is 12.5 Å². The summed E-state index contributed by atoms with van der Waals surface area (Å²) in [6.07, 6.45) is 3.91. The third kappa shape index (κ3) is 4.19. The molecule has 0 spiro atoms. The average Bonchev–Trinajstić information content (AvgIpc) is 3.17. The Hall–Kier alpha value is -2.90. The number of halogens is 2. The first-order chi connectivity index (χ1) is 12.6. The third-order valence-electron chi connectivity index (χ3n) is 4.08. The largest absolute Gasteiger partial charge is 0.493 e.